The Bertz CT molecular complexity index is 730. The van der Waals surface area contributed by atoms with Crippen molar-refractivity contribution in [3.05, 3.63) is 45.3 Å². The van der Waals surface area contributed by atoms with Crippen molar-refractivity contribution in [1.29, 1.82) is 0 Å². The second-order valence-electron chi connectivity index (χ2n) is 6.21. The molecule has 1 unspecified atom stereocenters. The van der Waals surface area contributed by atoms with Crippen LogP contribution in [0.2, 0.25) is 0 Å². The second kappa shape index (κ2) is 9.00. The number of hydrogen-bond acceptors (Lipinski definition) is 6. The first kappa shape index (κ1) is 20.2. The fourth-order valence-corrected chi connectivity index (χ4v) is 2.61. The molecule has 0 spiro atoms. The van der Waals surface area contributed by atoms with Crippen molar-refractivity contribution >= 4 is 21.7 Å². The van der Waals surface area contributed by atoms with Crippen molar-refractivity contribution in [2.45, 2.75) is 38.8 Å². The summed E-state index contributed by atoms with van der Waals surface area (Å²) in [6.07, 6.45) is 3.34. The zero-order chi connectivity index (χ0) is 19.2. The number of nitro groups is 1. The monoisotopic (exact) mass is 427 g/mol. The van der Waals surface area contributed by atoms with Crippen molar-refractivity contribution in [3.8, 4) is 11.5 Å². The first-order valence-corrected chi connectivity index (χ1v) is 9.05. The molecule has 1 N–H and O–H groups in total. The highest BCUT2D eigenvalue weighted by atomic mass is 79.9. The number of imidazole rings is 1. The Balaban J connectivity index is 1.90. The Kier molecular flexibility index (Phi) is 6.98. The fourth-order valence-electron chi connectivity index (χ4n) is 2.20. The number of hydrogen-bond donors (Lipinski definition) is 1. The Labute approximate surface area is 160 Å². The van der Waals surface area contributed by atoms with Crippen LogP contribution in [0.4, 0.5) is 5.82 Å². The maximum Gasteiger partial charge on any atom is 0.382 e. The minimum Gasteiger partial charge on any atom is -0.494 e. The Morgan fingerprint density at radius 3 is 2.46 bits per heavy atom. The molecule has 0 bridgehead atoms. The van der Waals surface area contributed by atoms with Crippen molar-refractivity contribution in [3.63, 3.8) is 0 Å². The average Bonchev–Trinajstić information content (AvgIpc) is 2.95. The number of aliphatic hydroxyl groups is 1. The minimum atomic E-state index is -1.24. The van der Waals surface area contributed by atoms with E-state index in [0.29, 0.717) is 12.4 Å². The largest absolute Gasteiger partial charge is 0.494 e. The maximum atomic E-state index is 10.8. The first-order chi connectivity index (χ1) is 12.3. The van der Waals surface area contributed by atoms with Gasteiger partial charge in [-0.05, 0) is 47.5 Å². The van der Waals surface area contributed by atoms with Gasteiger partial charge in [0.2, 0.25) is 0 Å². The van der Waals surface area contributed by atoms with Crippen LogP contribution in [0.25, 0.3) is 0 Å². The highest BCUT2D eigenvalue weighted by Gasteiger charge is 2.26. The van der Waals surface area contributed by atoms with E-state index in [-0.39, 0.29) is 23.7 Å². The number of rotatable bonds is 10. The van der Waals surface area contributed by atoms with E-state index in [0.717, 1.165) is 18.6 Å². The molecule has 1 heterocycles. The van der Waals surface area contributed by atoms with E-state index in [4.69, 9.17) is 9.47 Å². The van der Waals surface area contributed by atoms with Gasteiger partial charge in [-0.15, -0.1) is 0 Å². The summed E-state index contributed by atoms with van der Waals surface area (Å²) in [6.45, 7) is 4.48. The molecule has 2 aromatic rings. The lowest BCUT2D eigenvalue weighted by Crippen LogP contribution is -2.37. The third-order valence-electron chi connectivity index (χ3n) is 3.55. The van der Waals surface area contributed by atoms with Crippen LogP contribution in [-0.2, 0) is 6.54 Å². The van der Waals surface area contributed by atoms with Crippen molar-refractivity contribution in [2.75, 3.05) is 13.2 Å². The van der Waals surface area contributed by atoms with Crippen LogP contribution in [0, 0.1) is 10.1 Å². The van der Waals surface area contributed by atoms with E-state index >= 15 is 0 Å². The first-order valence-electron chi connectivity index (χ1n) is 8.26. The molecule has 0 aliphatic carbocycles. The van der Waals surface area contributed by atoms with Crippen molar-refractivity contribution in [1.82, 2.24) is 9.55 Å². The van der Waals surface area contributed by atoms with Crippen LogP contribution in [0.15, 0.2) is 35.2 Å². The summed E-state index contributed by atoms with van der Waals surface area (Å²) in [6, 6.07) is 7.18. The van der Waals surface area contributed by atoms with Gasteiger partial charge in [0.15, 0.2) is 0 Å². The van der Waals surface area contributed by atoms with Crippen LogP contribution in [-0.4, -0.2) is 38.4 Å². The highest BCUT2D eigenvalue weighted by molar-refractivity contribution is 9.10. The van der Waals surface area contributed by atoms with Gasteiger partial charge in [-0.1, -0.05) is 13.3 Å². The molecular weight excluding hydrogens is 406 g/mol. The molecule has 142 valence electrons. The number of benzene rings is 1. The summed E-state index contributed by atoms with van der Waals surface area (Å²) in [5, 5.41) is 21.3. The Hall–Kier alpha value is -2.13. The number of ether oxygens (including phenoxy) is 2. The number of halogens is 1. The zero-order valence-corrected chi connectivity index (χ0v) is 16.3. The third-order valence-corrected chi connectivity index (χ3v) is 4.19. The SMILES string of the molecule is CCCCOc1ccc(OCC(C)(O)Cn2cc([N+](=O)[O-])nc2Br)cc1. The average molecular weight is 428 g/mol. The van der Waals surface area contributed by atoms with Crippen LogP contribution in [0.3, 0.4) is 0 Å². The molecule has 8 nitrogen and oxygen atoms in total. The standard InChI is InChI=1S/C17H22BrN3O5/c1-3-4-9-25-13-5-7-14(8-6-13)26-12-17(2,22)11-20-10-15(21(23)24)19-16(20)18/h5-8,10,22H,3-4,9,11-12H2,1-2H3. The van der Waals surface area contributed by atoms with Gasteiger partial charge in [0.25, 0.3) is 4.73 Å². The zero-order valence-electron chi connectivity index (χ0n) is 14.7. The van der Waals surface area contributed by atoms with Crippen molar-refractivity contribution in [2.24, 2.45) is 0 Å². The topological polar surface area (TPSA) is 99.6 Å². The van der Waals surface area contributed by atoms with Gasteiger partial charge in [0.05, 0.1) is 13.2 Å². The van der Waals surface area contributed by atoms with E-state index in [1.165, 1.54) is 10.8 Å². The summed E-state index contributed by atoms with van der Waals surface area (Å²) in [5.41, 5.74) is -1.24. The lowest BCUT2D eigenvalue weighted by atomic mass is 10.1. The third kappa shape index (κ3) is 5.99. The fraction of sp³-hybridized carbons (Fsp3) is 0.471. The molecule has 0 radical (unpaired) electrons. The molecule has 1 atom stereocenters. The summed E-state index contributed by atoms with van der Waals surface area (Å²) in [4.78, 5) is 13.9. The smallest absolute Gasteiger partial charge is 0.382 e. The summed E-state index contributed by atoms with van der Waals surface area (Å²) < 4.78 is 13.0. The molecule has 0 aliphatic rings. The highest BCUT2D eigenvalue weighted by Crippen LogP contribution is 2.22. The number of aromatic nitrogens is 2. The second-order valence-corrected chi connectivity index (χ2v) is 6.92. The van der Waals surface area contributed by atoms with Gasteiger partial charge in [-0.25, -0.2) is 0 Å². The van der Waals surface area contributed by atoms with E-state index in [1.807, 2.05) is 12.1 Å². The van der Waals surface area contributed by atoms with Gasteiger partial charge in [-0.3, -0.25) is 4.57 Å². The molecule has 26 heavy (non-hydrogen) atoms. The molecule has 0 amide bonds. The quantitative estimate of drug-likeness (QED) is 0.353. The number of unbranched alkanes of at least 4 members (excludes halogenated alkanes) is 1. The van der Waals surface area contributed by atoms with Gasteiger partial charge >= 0.3 is 5.82 Å². The molecule has 9 heteroatoms. The van der Waals surface area contributed by atoms with Crippen LogP contribution in [0.5, 0.6) is 11.5 Å². The van der Waals surface area contributed by atoms with Gasteiger partial charge in [-0.2, -0.15) is 0 Å². The molecule has 0 fully saturated rings. The van der Waals surface area contributed by atoms with E-state index < -0.39 is 10.5 Å². The molecule has 1 aromatic heterocycles. The summed E-state index contributed by atoms with van der Waals surface area (Å²) >= 11 is 3.15. The normalized spacial score (nSPS) is 13.2. The molecule has 0 saturated heterocycles. The molecule has 0 saturated carbocycles. The van der Waals surface area contributed by atoms with Crippen molar-refractivity contribution < 1.29 is 19.5 Å². The van der Waals surface area contributed by atoms with Gasteiger partial charge < -0.3 is 24.7 Å². The van der Waals surface area contributed by atoms with E-state index in [2.05, 4.69) is 27.8 Å². The van der Waals surface area contributed by atoms with E-state index in [9.17, 15) is 15.2 Å². The van der Waals surface area contributed by atoms with Gasteiger partial charge in [0, 0.05) is 15.9 Å². The summed E-state index contributed by atoms with van der Waals surface area (Å²) in [7, 11) is 0. The predicted molar refractivity (Wildman–Crippen MR) is 99.5 cm³/mol. The van der Waals surface area contributed by atoms with Gasteiger partial charge in [0.1, 0.15) is 29.9 Å². The molecule has 1 aromatic carbocycles. The van der Waals surface area contributed by atoms with Crippen LogP contribution in [0.1, 0.15) is 26.7 Å². The lowest BCUT2D eigenvalue weighted by molar-refractivity contribution is -0.389. The Morgan fingerprint density at radius 1 is 1.31 bits per heavy atom. The lowest BCUT2D eigenvalue weighted by Gasteiger charge is -2.23. The number of nitrogens with zero attached hydrogens (tertiary/aromatic N) is 3. The maximum absolute atomic E-state index is 10.8. The van der Waals surface area contributed by atoms with Crippen LogP contribution >= 0.6 is 15.9 Å². The molecule has 2 rings (SSSR count). The van der Waals surface area contributed by atoms with E-state index in [1.54, 1.807) is 19.1 Å². The molecule has 0 aliphatic heterocycles. The minimum absolute atomic E-state index is 0.0153. The predicted octanol–water partition coefficient (Wildman–Crippen LogP) is 3.56. The molecular formula is C17H22BrN3O5. The summed E-state index contributed by atoms with van der Waals surface area (Å²) in [5.74, 6) is 1.09. The van der Waals surface area contributed by atoms with Crippen LogP contribution < -0.4 is 9.47 Å². The Morgan fingerprint density at radius 2 is 1.92 bits per heavy atom.